The van der Waals surface area contributed by atoms with Crippen LogP contribution < -0.4 is 0 Å². The van der Waals surface area contributed by atoms with Gasteiger partial charge >= 0.3 is 5.97 Å². The molecule has 12 heavy (non-hydrogen) atoms. The second-order valence-corrected chi connectivity index (χ2v) is 2.99. The molecule has 0 amide bonds. The lowest BCUT2D eigenvalue weighted by Gasteiger charge is -2.27. The maximum Gasteiger partial charge on any atom is 0.331 e. The van der Waals surface area contributed by atoms with Gasteiger partial charge in [0.05, 0.1) is 0 Å². The molecule has 62 valence electrons. The average molecular weight is 164 g/mol. The van der Waals surface area contributed by atoms with Crippen LogP contribution in [0.15, 0.2) is 24.3 Å². The Labute approximate surface area is 69.7 Å². The predicted molar refractivity (Wildman–Crippen MR) is 41.3 cm³/mol. The normalized spacial score (nSPS) is 25.0. The van der Waals surface area contributed by atoms with Crippen LogP contribution in [0.2, 0.25) is 0 Å². The molecule has 0 unspecified atom stereocenters. The zero-order valence-electron chi connectivity index (χ0n) is 6.45. The van der Waals surface area contributed by atoms with Gasteiger partial charge in [-0.3, -0.25) is 4.79 Å². The molecule has 0 aromatic carbocycles. The average Bonchev–Trinajstić information content (AvgIpc) is 2.48. The first-order valence-corrected chi connectivity index (χ1v) is 3.83. The van der Waals surface area contributed by atoms with Gasteiger partial charge in [0, 0.05) is 18.9 Å². The number of carbonyl (C=O) groups is 2. The molecule has 2 aliphatic rings. The van der Waals surface area contributed by atoms with Crippen molar-refractivity contribution >= 4 is 11.8 Å². The van der Waals surface area contributed by atoms with Crippen LogP contribution in [0.5, 0.6) is 0 Å². The first kappa shape index (κ1) is 7.28. The van der Waals surface area contributed by atoms with E-state index in [2.05, 4.69) is 0 Å². The van der Waals surface area contributed by atoms with E-state index >= 15 is 0 Å². The summed E-state index contributed by atoms with van der Waals surface area (Å²) in [4.78, 5) is 22.2. The fourth-order valence-electron chi connectivity index (χ4n) is 1.49. The Morgan fingerprint density at radius 1 is 1.17 bits per heavy atom. The minimum Gasteiger partial charge on any atom is -0.447 e. The van der Waals surface area contributed by atoms with E-state index in [1.807, 2.05) is 12.2 Å². The van der Waals surface area contributed by atoms with Gasteiger partial charge in [-0.05, 0) is 6.08 Å². The lowest BCUT2D eigenvalue weighted by atomic mass is 9.93. The van der Waals surface area contributed by atoms with Crippen LogP contribution in [0.1, 0.15) is 12.8 Å². The molecule has 0 fully saturated rings. The Hall–Kier alpha value is -1.38. The summed E-state index contributed by atoms with van der Waals surface area (Å²) in [6, 6.07) is 0. The second-order valence-electron chi connectivity index (χ2n) is 2.99. The minimum absolute atomic E-state index is 0.105. The molecule has 3 nitrogen and oxygen atoms in total. The largest absolute Gasteiger partial charge is 0.447 e. The molecule has 0 atom stereocenters. The molecule has 0 aromatic rings. The van der Waals surface area contributed by atoms with Crippen LogP contribution >= 0.6 is 0 Å². The Morgan fingerprint density at radius 3 is 2.50 bits per heavy atom. The summed E-state index contributed by atoms with van der Waals surface area (Å²) in [6.07, 6.45) is 7.24. The standard InChI is InChI=1S/C9H8O3/c10-7-3-4-8(11)12-9(7)5-1-2-6-9/h1-4H,5-6H2. The van der Waals surface area contributed by atoms with Gasteiger partial charge in [-0.15, -0.1) is 0 Å². The lowest BCUT2D eigenvalue weighted by Crippen LogP contribution is -2.42. The first-order valence-electron chi connectivity index (χ1n) is 3.83. The van der Waals surface area contributed by atoms with E-state index in [4.69, 9.17) is 4.74 Å². The number of hydrogen-bond donors (Lipinski definition) is 0. The van der Waals surface area contributed by atoms with Gasteiger partial charge in [-0.2, -0.15) is 0 Å². The highest BCUT2D eigenvalue weighted by Gasteiger charge is 2.42. The molecule has 1 aliphatic heterocycles. The van der Waals surface area contributed by atoms with Crippen molar-refractivity contribution in [1.82, 2.24) is 0 Å². The fourth-order valence-corrected chi connectivity index (χ4v) is 1.49. The quantitative estimate of drug-likeness (QED) is 0.392. The summed E-state index contributed by atoms with van der Waals surface area (Å²) in [6.45, 7) is 0. The van der Waals surface area contributed by atoms with E-state index in [0.717, 1.165) is 0 Å². The van der Waals surface area contributed by atoms with Gasteiger partial charge in [-0.1, -0.05) is 12.2 Å². The molecule has 1 spiro atoms. The predicted octanol–water partition coefficient (Wildman–Crippen LogP) is 0.757. The van der Waals surface area contributed by atoms with Crippen molar-refractivity contribution in [2.45, 2.75) is 18.4 Å². The van der Waals surface area contributed by atoms with Crippen LogP contribution in [0.4, 0.5) is 0 Å². The Kier molecular flexibility index (Phi) is 1.40. The SMILES string of the molecule is O=C1C=CC(=O)C2(CC=CC2)O1. The molecule has 0 saturated heterocycles. The van der Waals surface area contributed by atoms with Crippen LogP contribution in [0, 0.1) is 0 Å². The number of hydrogen-bond acceptors (Lipinski definition) is 3. The number of rotatable bonds is 0. The number of ether oxygens (including phenoxy) is 1. The Balaban J connectivity index is 2.32. The third kappa shape index (κ3) is 0.897. The molecule has 0 radical (unpaired) electrons. The molecule has 3 heteroatoms. The van der Waals surface area contributed by atoms with Crippen molar-refractivity contribution in [3.8, 4) is 0 Å². The van der Waals surface area contributed by atoms with Crippen LogP contribution in [-0.2, 0) is 14.3 Å². The van der Waals surface area contributed by atoms with Crippen LogP contribution in [0.3, 0.4) is 0 Å². The highest BCUT2D eigenvalue weighted by molar-refractivity contribution is 6.06. The van der Waals surface area contributed by atoms with Gasteiger partial charge in [0.25, 0.3) is 0 Å². The van der Waals surface area contributed by atoms with Gasteiger partial charge in [0.15, 0.2) is 11.4 Å². The van der Waals surface area contributed by atoms with Crippen molar-refractivity contribution in [1.29, 1.82) is 0 Å². The van der Waals surface area contributed by atoms with Gasteiger partial charge in [0.1, 0.15) is 0 Å². The summed E-state index contributed by atoms with van der Waals surface area (Å²) in [5.41, 5.74) is -0.883. The van der Waals surface area contributed by atoms with Crippen molar-refractivity contribution in [3.05, 3.63) is 24.3 Å². The topological polar surface area (TPSA) is 43.4 Å². The van der Waals surface area contributed by atoms with E-state index in [-0.39, 0.29) is 5.78 Å². The highest BCUT2D eigenvalue weighted by atomic mass is 16.6. The van der Waals surface area contributed by atoms with Crippen molar-refractivity contribution < 1.29 is 14.3 Å². The summed E-state index contributed by atoms with van der Waals surface area (Å²) < 4.78 is 5.01. The van der Waals surface area contributed by atoms with Gasteiger partial charge in [-0.25, -0.2) is 4.79 Å². The minimum atomic E-state index is -0.883. The molecule has 0 N–H and O–H groups in total. The van der Waals surface area contributed by atoms with Gasteiger partial charge in [0.2, 0.25) is 0 Å². The molecule has 0 bridgehead atoms. The molecule has 0 aromatic heterocycles. The monoisotopic (exact) mass is 164 g/mol. The van der Waals surface area contributed by atoms with E-state index in [9.17, 15) is 9.59 Å². The van der Waals surface area contributed by atoms with Gasteiger partial charge < -0.3 is 4.74 Å². The van der Waals surface area contributed by atoms with E-state index in [1.54, 1.807) is 0 Å². The highest BCUT2D eigenvalue weighted by Crippen LogP contribution is 2.31. The summed E-state index contributed by atoms with van der Waals surface area (Å²) in [5.74, 6) is -0.523. The van der Waals surface area contributed by atoms with Crippen molar-refractivity contribution in [3.63, 3.8) is 0 Å². The number of esters is 1. The maximum atomic E-state index is 11.4. The first-order chi connectivity index (χ1) is 5.73. The molecule has 2 rings (SSSR count). The van der Waals surface area contributed by atoms with Crippen molar-refractivity contribution in [2.75, 3.05) is 0 Å². The van der Waals surface area contributed by atoms with E-state index < -0.39 is 11.6 Å². The molecular weight excluding hydrogens is 156 g/mol. The van der Waals surface area contributed by atoms with Crippen LogP contribution in [0.25, 0.3) is 0 Å². The molecule has 1 aliphatic carbocycles. The van der Waals surface area contributed by atoms with E-state index in [0.29, 0.717) is 12.8 Å². The Morgan fingerprint density at radius 2 is 1.83 bits per heavy atom. The smallest absolute Gasteiger partial charge is 0.331 e. The van der Waals surface area contributed by atoms with Crippen LogP contribution in [-0.4, -0.2) is 17.4 Å². The third-order valence-corrected chi connectivity index (χ3v) is 2.18. The van der Waals surface area contributed by atoms with E-state index in [1.165, 1.54) is 12.2 Å². The number of ketones is 1. The maximum absolute atomic E-state index is 11.4. The second kappa shape index (κ2) is 2.30. The fraction of sp³-hybridized carbons (Fsp3) is 0.333. The summed E-state index contributed by atoms with van der Waals surface area (Å²) in [5, 5.41) is 0. The summed E-state index contributed by atoms with van der Waals surface area (Å²) in [7, 11) is 0. The molecule has 1 heterocycles. The molecular formula is C9H8O3. The lowest BCUT2D eigenvalue weighted by molar-refractivity contribution is -0.161. The number of carbonyl (C=O) groups excluding carboxylic acids is 2. The van der Waals surface area contributed by atoms with Crippen molar-refractivity contribution in [2.24, 2.45) is 0 Å². The zero-order chi connectivity index (χ0) is 8.60. The molecule has 0 saturated carbocycles. The third-order valence-electron chi connectivity index (χ3n) is 2.18. The summed E-state index contributed by atoms with van der Waals surface area (Å²) >= 11 is 0. The zero-order valence-corrected chi connectivity index (χ0v) is 6.45. The Bertz CT molecular complexity index is 291.